The largest absolute Gasteiger partial charge is 0.497 e. The maximum atomic E-state index is 12.0. The van der Waals surface area contributed by atoms with Crippen molar-refractivity contribution in [2.75, 3.05) is 12.0 Å². The third kappa shape index (κ3) is 1.59. The van der Waals surface area contributed by atoms with E-state index in [0.717, 1.165) is 28.3 Å². The zero-order valence-electron chi connectivity index (χ0n) is 11.9. The second-order valence-electron chi connectivity index (χ2n) is 5.34. The fraction of sp³-hybridized carbons (Fsp3) is 0.235. The Hall–Kier alpha value is -2.49. The molecule has 2 aliphatic heterocycles. The molecule has 4 rings (SSSR count). The fourth-order valence-corrected chi connectivity index (χ4v) is 3.33. The lowest BCUT2D eigenvalue weighted by Gasteiger charge is -2.22. The van der Waals surface area contributed by atoms with Crippen molar-refractivity contribution in [1.29, 1.82) is 0 Å². The van der Waals surface area contributed by atoms with E-state index in [-0.39, 0.29) is 18.1 Å². The molecule has 0 bridgehead atoms. The molecule has 4 heteroatoms. The van der Waals surface area contributed by atoms with Crippen molar-refractivity contribution in [3.8, 4) is 11.5 Å². The molecule has 0 saturated heterocycles. The van der Waals surface area contributed by atoms with Crippen LogP contribution < -0.4 is 14.4 Å². The molecule has 2 aromatic carbocycles. The molecule has 0 aliphatic carbocycles. The molecule has 1 amide bonds. The summed E-state index contributed by atoms with van der Waals surface area (Å²) in [5.74, 6) is 1.67. The molecule has 0 radical (unpaired) electrons. The number of fused-ring (bicyclic) bond motifs is 5. The van der Waals surface area contributed by atoms with Crippen LogP contribution >= 0.6 is 0 Å². The van der Waals surface area contributed by atoms with Crippen LogP contribution in [0.4, 0.5) is 5.69 Å². The zero-order chi connectivity index (χ0) is 14.6. The minimum atomic E-state index is -0.290. The van der Waals surface area contributed by atoms with Crippen LogP contribution in [0.1, 0.15) is 24.0 Å². The zero-order valence-corrected chi connectivity index (χ0v) is 11.9. The smallest absolute Gasteiger partial charge is 0.226 e. The number of ether oxygens (including phenoxy) is 2. The quantitative estimate of drug-likeness (QED) is 0.806. The van der Waals surface area contributed by atoms with Gasteiger partial charge in [0.2, 0.25) is 5.91 Å². The Morgan fingerprint density at radius 2 is 2.00 bits per heavy atom. The van der Waals surface area contributed by atoms with Gasteiger partial charge in [-0.2, -0.15) is 0 Å². The van der Waals surface area contributed by atoms with E-state index in [9.17, 15) is 4.79 Å². The number of benzene rings is 2. The molecule has 2 aromatic rings. The Bertz CT molecular complexity index is 741. The van der Waals surface area contributed by atoms with E-state index in [0.29, 0.717) is 0 Å². The predicted molar refractivity (Wildman–Crippen MR) is 78.9 cm³/mol. The summed E-state index contributed by atoms with van der Waals surface area (Å²) in [6, 6.07) is 13.8. The van der Waals surface area contributed by atoms with Crippen LogP contribution in [0.5, 0.6) is 11.5 Å². The average Bonchev–Trinajstić information content (AvgIpc) is 3.00. The molecule has 2 aliphatic rings. The van der Waals surface area contributed by atoms with E-state index in [1.54, 1.807) is 18.9 Å². The highest BCUT2D eigenvalue weighted by atomic mass is 16.5. The van der Waals surface area contributed by atoms with Crippen LogP contribution in [-0.2, 0) is 4.79 Å². The lowest BCUT2D eigenvalue weighted by Crippen LogP contribution is -2.39. The fourth-order valence-electron chi connectivity index (χ4n) is 3.33. The summed E-state index contributed by atoms with van der Waals surface area (Å²) >= 11 is 0. The first kappa shape index (κ1) is 12.3. The van der Waals surface area contributed by atoms with Crippen molar-refractivity contribution in [3.05, 3.63) is 53.6 Å². The molecule has 0 spiro atoms. The number of methoxy groups -OCH3 is 1. The minimum Gasteiger partial charge on any atom is -0.497 e. The number of para-hydroxylation sites is 1. The van der Waals surface area contributed by atoms with Crippen LogP contribution in [0.3, 0.4) is 0 Å². The van der Waals surface area contributed by atoms with Gasteiger partial charge in [0, 0.05) is 12.5 Å². The first-order valence-electron chi connectivity index (χ1n) is 6.94. The Balaban J connectivity index is 1.91. The SMILES string of the molecule is COc1ccc2c(c1)[C@@H]1c3ccccc3N(C(C)=O)[C@@H]1O2. The molecule has 0 fully saturated rings. The van der Waals surface area contributed by atoms with Gasteiger partial charge in [-0.05, 0) is 29.8 Å². The molecule has 0 unspecified atom stereocenters. The van der Waals surface area contributed by atoms with E-state index in [1.165, 1.54) is 0 Å². The summed E-state index contributed by atoms with van der Waals surface area (Å²) in [5.41, 5.74) is 3.15. The van der Waals surface area contributed by atoms with E-state index in [1.807, 2.05) is 36.4 Å². The first-order valence-corrected chi connectivity index (χ1v) is 6.94. The number of carbonyl (C=O) groups is 1. The second kappa shape index (κ2) is 4.25. The highest BCUT2D eigenvalue weighted by molar-refractivity contribution is 5.95. The summed E-state index contributed by atoms with van der Waals surface area (Å²) in [6.45, 7) is 1.58. The molecule has 0 saturated carbocycles. The summed E-state index contributed by atoms with van der Waals surface area (Å²) in [6.07, 6.45) is -0.290. The molecule has 2 heterocycles. The second-order valence-corrected chi connectivity index (χ2v) is 5.34. The van der Waals surface area contributed by atoms with Gasteiger partial charge in [0.05, 0.1) is 18.7 Å². The van der Waals surface area contributed by atoms with Crippen LogP contribution in [0.15, 0.2) is 42.5 Å². The van der Waals surface area contributed by atoms with Gasteiger partial charge in [0.1, 0.15) is 11.5 Å². The maximum absolute atomic E-state index is 12.0. The van der Waals surface area contributed by atoms with E-state index >= 15 is 0 Å². The van der Waals surface area contributed by atoms with Gasteiger partial charge in [0.15, 0.2) is 6.23 Å². The van der Waals surface area contributed by atoms with E-state index < -0.39 is 0 Å². The highest BCUT2D eigenvalue weighted by Gasteiger charge is 2.48. The maximum Gasteiger partial charge on any atom is 0.226 e. The Morgan fingerprint density at radius 3 is 2.76 bits per heavy atom. The summed E-state index contributed by atoms with van der Waals surface area (Å²) < 4.78 is 11.4. The lowest BCUT2D eigenvalue weighted by atomic mass is 9.93. The van der Waals surface area contributed by atoms with Crippen LogP contribution in [-0.4, -0.2) is 19.2 Å². The first-order chi connectivity index (χ1) is 10.2. The van der Waals surface area contributed by atoms with Crippen LogP contribution in [0.25, 0.3) is 0 Å². The predicted octanol–water partition coefficient (Wildman–Crippen LogP) is 2.91. The Kier molecular flexibility index (Phi) is 2.48. The third-order valence-electron chi connectivity index (χ3n) is 4.21. The van der Waals surface area contributed by atoms with Crippen molar-refractivity contribution in [3.63, 3.8) is 0 Å². The number of hydrogen-bond acceptors (Lipinski definition) is 3. The van der Waals surface area contributed by atoms with Crippen LogP contribution in [0, 0.1) is 0 Å². The third-order valence-corrected chi connectivity index (χ3v) is 4.21. The van der Waals surface area contributed by atoms with Gasteiger partial charge in [0.25, 0.3) is 0 Å². The van der Waals surface area contributed by atoms with Crippen LogP contribution in [0.2, 0.25) is 0 Å². The number of carbonyl (C=O) groups excluding carboxylic acids is 1. The van der Waals surface area contributed by atoms with Gasteiger partial charge in [-0.15, -0.1) is 0 Å². The Labute approximate surface area is 122 Å². The molecule has 2 atom stereocenters. The molecule has 4 nitrogen and oxygen atoms in total. The monoisotopic (exact) mass is 281 g/mol. The van der Waals surface area contributed by atoms with Crippen molar-refractivity contribution < 1.29 is 14.3 Å². The molecule has 106 valence electrons. The molecular formula is C17H15NO3. The lowest BCUT2D eigenvalue weighted by molar-refractivity contribution is -0.117. The molecule has 21 heavy (non-hydrogen) atoms. The summed E-state index contributed by atoms with van der Waals surface area (Å²) in [4.78, 5) is 13.8. The number of nitrogens with zero attached hydrogens (tertiary/aromatic N) is 1. The van der Waals surface area contributed by atoms with Crippen molar-refractivity contribution in [1.82, 2.24) is 0 Å². The standard InChI is InChI=1S/C17H15NO3/c1-10(19)18-14-6-4-3-5-12(14)16-13-9-11(20-2)7-8-15(13)21-17(16)18/h3-9,16-17H,1-2H3/t16-,17+/m0/s1. The number of rotatable bonds is 1. The highest BCUT2D eigenvalue weighted by Crippen LogP contribution is 2.52. The average molecular weight is 281 g/mol. The van der Waals surface area contributed by atoms with Crippen molar-refractivity contribution in [2.45, 2.75) is 19.1 Å². The van der Waals surface area contributed by atoms with Gasteiger partial charge in [-0.25, -0.2) is 0 Å². The van der Waals surface area contributed by atoms with Gasteiger partial charge >= 0.3 is 0 Å². The summed E-state index contributed by atoms with van der Waals surface area (Å²) in [7, 11) is 1.65. The van der Waals surface area contributed by atoms with Crippen molar-refractivity contribution >= 4 is 11.6 Å². The minimum absolute atomic E-state index is 0.00489. The normalized spacial score (nSPS) is 21.3. The van der Waals surface area contributed by atoms with E-state index in [2.05, 4.69) is 6.07 Å². The molecule has 0 aromatic heterocycles. The number of amides is 1. The Morgan fingerprint density at radius 1 is 1.19 bits per heavy atom. The number of anilines is 1. The van der Waals surface area contributed by atoms with E-state index in [4.69, 9.17) is 9.47 Å². The van der Waals surface area contributed by atoms with Gasteiger partial charge in [-0.1, -0.05) is 18.2 Å². The molecular weight excluding hydrogens is 266 g/mol. The summed E-state index contributed by atoms with van der Waals surface area (Å²) in [5, 5.41) is 0. The van der Waals surface area contributed by atoms with Gasteiger partial charge < -0.3 is 9.47 Å². The molecule has 0 N–H and O–H groups in total. The topological polar surface area (TPSA) is 38.8 Å². The van der Waals surface area contributed by atoms with Crippen molar-refractivity contribution in [2.24, 2.45) is 0 Å². The van der Waals surface area contributed by atoms with Gasteiger partial charge in [-0.3, -0.25) is 9.69 Å². The number of hydrogen-bond donors (Lipinski definition) is 0.